The number of rotatable bonds is 1. The molecule has 1 aromatic carbocycles. The van der Waals surface area contributed by atoms with E-state index in [1.807, 2.05) is 0 Å². The van der Waals surface area contributed by atoms with Crippen LogP contribution in [-0.2, 0) is 0 Å². The molecule has 0 bridgehead atoms. The Morgan fingerprint density at radius 3 is 2.85 bits per heavy atom. The highest BCUT2D eigenvalue weighted by Crippen LogP contribution is 2.12. The predicted molar refractivity (Wildman–Crippen MR) is 48.6 cm³/mol. The third kappa shape index (κ3) is 1.32. The van der Waals surface area contributed by atoms with E-state index in [1.54, 1.807) is 25.1 Å². The lowest BCUT2D eigenvalue weighted by Crippen LogP contribution is -2.30. The third-order valence-electron chi connectivity index (χ3n) is 1.83. The number of hydrogen-bond donors (Lipinski definition) is 2. The van der Waals surface area contributed by atoms with Crippen LogP contribution in [0.3, 0.4) is 0 Å². The van der Waals surface area contributed by atoms with Gasteiger partial charge in [0.2, 0.25) is 0 Å². The number of benzene rings is 1. The minimum absolute atomic E-state index is 0.345. The summed E-state index contributed by atoms with van der Waals surface area (Å²) in [6.45, 7) is 1.72. The summed E-state index contributed by atoms with van der Waals surface area (Å²) in [4.78, 5) is 4.07. The van der Waals surface area contributed by atoms with Crippen molar-refractivity contribution in [1.82, 2.24) is 4.98 Å². The maximum atomic E-state index is 9.00. The second-order valence-corrected chi connectivity index (χ2v) is 2.80. The molecule has 0 saturated carbocycles. The topological polar surface area (TPSA) is 66.5 Å². The van der Waals surface area contributed by atoms with Gasteiger partial charge in [-0.15, -0.1) is 0 Å². The Hall–Kier alpha value is -1.33. The molecule has 1 aromatic heterocycles. The summed E-state index contributed by atoms with van der Waals surface area (Å²) in [6.07, 6.45) is 0. The molecule has 5 heteroatoms. The van der Waals surface area contributed by atoms with Gasteiger partial charge in [0.15, 0.2) is 11.5 Å². The molecule has 0 radical (unpaired) electrons. The van der Waals surface area contributed by atoms with Gasteiger partial charge < -0.3 is 14.5 Å². The predicted octanol–water partition coefficient (Wildman–Crippen LogP) is -0.184. The lowest BCUT2D eigenvalue weighted by molar-refractivity contribution is 0.425. The highest BCUT2D eigenvalue weighted by atomic mass is 16.4. The second-order valence-electron chi connectivity index (χ2n) is 2.80. The van der Waals surface area contributed by atoms with Crippen LogP contribution < -0.4 is 5.46 Å². The SMILES string of the molecule is Cc1nc2cccc(B(O)O)c2o1. The van der Waals surface area contributed by atoms with Crippen molar-refractivity contribution in [3.05, 3.63) is 24.1 Å². The summed E-state index contributed by atoms with van der Waals surface area (Å²) in [7, 11) is -1.52. The van der Waals surface area contributed by atoms with Crippen molar-refractivity contribution in [2.75, 3.05) is 0 Å². The van der Waals surface area contributed by atoms with Gasteiger partial charge in [0.05, 0.1) is 0 Å². The molecule has 4 nitrogen and oxygen atoms in total. The molecule has 0 aliphatic heterocycles. The summed E-state index contributed by atoms with van der Waals surface area (Å²) in [5.41, 5.74) is 1.43. The fourth-order valence-electron chi connectivity index (χ4n) is 1.28. The smallest absolute Gasteiger partial charge is 0.441 e. The molecule has 0 amide bonds. The molecule has 0 aliphatic rings. The molecule has 0 atom stereocenters. The van der Waals surface area contributed by atoms with Gasteiger partial charge in [-0.2, -0.15) is 0 Å². The number of para-hydroxylation sites is 1. The van der Waals surface area contributed by atoms with E-state index in [-0.39, 0.29) is 0 Å². The van der Waals surface area contributed by atoms with Crippen molar-refractivity contribution < 1.29 is 14.5 Å². The minimum atomic E-state index is -1.52. The number of nitrogens with zero attached hydrogens (tertiary/aromatic N) is 1. The van der Waals surface area contributed by atoms with E-state index < -0.39 is 7.12 Å². The zero-order chi connectivity index (χ0) is 9.42. The standard InChI is InChI=1S/C8H8BNO3/c1-5-10-7-4-2-3-6(9(11)12)8(7)13-5/h2-4,11-12H,1H3. The van der Waals surface area contributed by atoms with Crippen molar-refractivity contribution in [3.8, 4) is 0 Å². The van der Waals surface area contributed by atoms with Crippen LogP contribution in [0, 0.1) is 6.92 Å². The minimum Gasteiger partial charge on any atom is -0.441 e. The summed E-state index contributed by atoms with van der Waals surface area (Å²) in [5.74, 6) is 0.517. The first-order valence-corrected chi connectivity index (χ1v) is 3.90. The summed E-state index contributed by atoms with van der Waals surface area (Å²) >= 11 is 0. The maximum absolute atomic E-state index is 9.00. The lowest BCUT2D eigenvalue weighted by Gasteiger charge is -1.97. The monoisotopic (exact) mass is 177 g/mol. The Morgan fingerprint density at radius 1 is 1.38 bits per heavy atom. The van der Waals surface area contributed by atoms with Gasteiger partial charge >= 0.3 is 7.12 Å². The molecule has 2 rings (SSSR count). The van der Waals surface area contributed by atoms with Crippen molar-refractivity contribution in [2.45, 2.75) is 6.92 Å². The number of aromatic nitrogens is 1. The van der Waals surface area contributed by atoms with Crippen LogP contribution in [0.1, 0.15) is 5.89 Å². The maximum Gasteiger partial charge on any atom is 0.492 e. The molecule has 0 aliphatic carbocycles. The molecular formula is C8H8BNO3. The van der Waals surface area contributed by atoms with E-state index >= 15 is 0 Å². The molecule has 1 heterocycles. The second kappa shape index (κ2) is 2.87. The Morgan fingerprint density at radius 2 is 2.15 bits per heavy atom. The average Bonchev–Trinajstić information content (AvgIpc) is 2.43. The zero-order valence-corrected chi connectivity index (χ0v) is 7.06. The van der Waals surface area contributed by atoms with Crippen molar-refractivity contribution in [1.29, 1.82) is 0 Å². The third-order valence-corrected chi connectivity index (χ3v) is 1.83. The summed E-state index contributed by atoms with van der Waals surface area (Å²) in [6, 6.07) is 5.06. The zero-order valence-electron chi connectivity index (χ0n) is 7.06. The molecule has 2 aromatic rings. The van der Waals surface area contributed by atoms with Gasteiger partial charge in [-0.25, -0.2) is 4.98 Å². The van der Waals surface area contributed by atoms with Crippen molar-refractivity contribution in [2.24, 2.45) is 0 Å². The van der Waals surface area contributed by atoms with Crippen LogP contribution in [0.2, 0.25) is 0 Å². The first-order valence-electron chi connectivity index (χ1n) is 3.90. The molecule has 0 fully saturated rings. The van der Waals surface area contributed by atoms with E-state index in [4.69, 9.17) is 14.5 Å². The van der Waals surface area contributed by atoms with E-state index in [0.717, 1.165) is 0 Å². The van der Waals surface area contributed by atoms with Crippen LogP contribution in [0.25, 0.3) is 11.1 Å². The Balaban J connectivity index is 2.75. The number of fused-ring (bicyclic) bond motifs is 1. The Bertz CT molecular complexity index is 438. The largest absolute Gasteiger partial charge is 0.492 e. The highest BCUT2D eigenvalue weighted by Gasteiger charge is 2.17. The van der Waals surface area contributed by atoms with E-state index in [0.29, 0.717) is 22.5 Å². The van der Waals surface area contributed by atoms with Crippen LogP contribution in [0.4, 0.5) is 0 Å². The van der Waals surface area contributed by atoms with Crippen LogP contribution in [-0.4, -0.2) is 22.2 Å². The van der Waals surface area contributed by atoms with Crippen molar-refractivity contribution in [3.63, 3.8) is 0 Å². The average molecular weight is 177 g/mol. The van der Waals surface area contributed by atoms with E-state index in [9.17, 15) is 0 Å². The molecular weight excluding hydrogens is 169 g/mol. The quantitative estimate of drug-likeness (QED) is 0.592. The van der Waals surface area contributed by atoms with Gasteiger partial charge in [-0.05, 0) is 6.07 Å². The first kappa shape index (κ1) is 8.28. The summed E-state index contributed by atoms with van der Waals surface area (Å²) in [5, 5.41) is 18.0. The van der Waals surface area contributed by atoms with Gasteiger partial charge in [0.25, 0.3) is 0 Å². The molecule has 2 N–H and O–H groups in total. The van der Waals surface area contributed by atoms with Crippen LogP contribution >= 0.6 is 0 Å². The first-order chi connectivity index (χ1) is 6.18. The lowest BCUT2D eigenvalue weighted by atomic mass is 9.80. The van der Waals surface area contributed by atoms with Crippen LogP contribution in [0.15, 0.2) is 22.6 Å². The number of oxazole rings is 1. The molecule has 66 valence electrons. The Labute approximate surface area is 75.0 Å². The Kier molecular flexibility index (Phi) is 1.83. The molecule has 0 spiro atoms. The van der Waals surface area contributed by atoms with E-state index in [2.05, 4.69) is 4.98 Å². The molecule has 13 heavy (non-hydrogen) atoms. The fourth-order valence-corrected chi connectivity index (χ4v) is 1.28. The normalized spacial score (nSPS) is 10.7. The summed E-state index contributed by atoms with van der Waals surface area (Å²) < 4.78 is 5.23. The molecule has 0 saturated heterocycles. The number of aryl methyl sites for hydroxylation is 1. The van der Waals surface area contributed by atoms with Crippen molar-refractivity contribution >= 4 is 23.7 Å². The van der Waals surface area contributed by atoms with E-state index in [1.165, 1.54) is 0 Å². The molecule has 0 unspecified atom stereocenters. The van der Waals surface area contributed by atoms with Gasteiger partial charge in [-0.1, -0.05) is 12.1 Å². The number of hydrogen-bond acceptors (Lipinski definition) is 4. The van der Waals surface area contributed by atoms with Crippen LogP contribution in [0.5, 0.6) is 0 Å². The van der Waals surface area contributed by atoms with Gasteiger partial charge in [0, 0.05) is 12.4 Å². The van der Waals surface area contributed by atoms with Gasteiger partial charge in [0.1, 0.15) is 5.52 Å². The van der Waals surface area contributed by atoms with Gasteiger partial charge in [-0.3, -0.25) is 0 Å². The fraction of sp³-hybridized carbons (Fsp3) is 0.125. The highest BCUT2D eigenvalue weighted by molar-refractivity contribution is 6.61.